The summed E-state index contributed by atoms with van der Waals surface area (Å²) >= 11 is 0.842. The number of carbonyl (C=O) groups is 1. The van der Waals surface area contributed by atoms with Crippen molar-refractivity contribution in [3.05, 3.63) is 47.3 Å². The van der Waals surface area contributed by atoms with Crippen LogP contribution >= 0.6 is 11.7 Å². The van der Waals surface area contributed by atoms with E-state index in [-0.39, 0.29) is 24.2 Å². The minimum atomic E-state index is -4.53. The second-order valence-corrected chi connectivity index (χ2v) is 5.80. The lowest BCUT2D eigenvalue weighted by molar-refractivity contribution is -0.138. The standard InChI is InChI=1S/C14H12F3N3O2S/c15-14(16,17)10-4-2-1-3-9(10)12-5-8(21)7-20(12)13(22)11-6-18-23-19-11/h1-4,6,8,12,21H,5,7H2. The molecule has 5 nitrogen and oxygen atoms in total. The Morgan fingerprint density at radius 1 is 1.35 bits per heavy atom. The molecule has 2 aromatic rings. The van der Waals surface area contributed by atoms with Crippen molar-refractivity contribution in [3.63, 3.8) is 0 Å². The van der Waals surface area contributed by atoms with E-state index in [9.17, 15) is 23.1 Å². The van der Waals surface area contributed by atoms with Crippen molar-refractivity contribution < 1.29 is 23.1 Å². The SMILES string of the molecule is O=C(c1cnsn1)N1CC(O)CC1c1ccccc1C(F)(F)F. The largest absolute Gasteiger partial charge is 0.416 e. The number of β-amino-alcohol motifs (C(OH)–C–C–N with tert-alkyl or cyclic N) is 1. The van der Waals surface area contributed by atoms with E-state index in [0.717, 1.165) is 17.8 Å². The molecule has 3 rings (SSSR count). The average molecular weight is 343 g/mol. The van der Waals surface area contributed by atoms with Gasteiger partial charge in [0.25, 0.3) is 5.91 Å². The molecule has 1 aromatic carbocycles. The molecule has 23 heavy (non-hydrogen) atoms. The van der Waals surface area contributed by atoms with Gasteiger partial charge < -0.3 is 10.0 Å². The molecule has 2 unspecified atom stereocenters. The molecular formula is C14H12F3N3O2S. The first-order valence-electron chi connectivity index (χ1n) is 6.80. The van der Waals surface area contributed by atoms with E-state index in [1.165, 1.54) is 29.3 Å². The van der Waals surface area contributed by atoms with Gasteiger partial charge in [-0.1, -0.05) is 18.2 Å². The molecule has 0 spiro atoms. The van der Waals surface area contributed by atoms with Gasteiger partial charge in [0.05, 0.1) is 35.6 Å². The summed E-state index contributed by atoms with van der Waals surface area (Å²) in [7, 11) is 0. The van der Waals surface area contributed by atoms with Crippen LogP contribution in [0, 0.1) is 0 Å². The zero-order valence-corrected chi connectivity index (χ0v) is 12.5. The lowest BCUT2D eigenvalue weighted by Gasteiger charge is -2.26. The summed E-state index contributed by atoms with van der Waals surface area (Å²) < 4.78 is 47.2. The molecular weight excluding hydrogens is 331 g/mol. The maximum atomic E-state index is 13.2. The van der Waals surface area contributed by atoms with E-state index in [1.54, 1.807) is 0 Å². The number of aliphatic hydroxyl groups excluding tert-OH is 1. The van der Waals surface area contributed by atoms with Crippen LogP contribution in [0.15, 0.2) is 30.5 Å². The quantitative estimate of drug-likeness (QED) is 0.910. The van der Waals surface area contributed by atoms with E-state index >= 15 is 0 Å². The first-order valence-corrected chi connectivity index (χ1v) is 7.53. The van der Waals surface area contributed by atoms with Crippen molar-refractivity contribution in [1.29, 1.82) is 0 Å². The molecule has 1 amide bonds. The molecule has 1 aliphatic heterocycles. The predicted octanol–water partition coefficient (Wildman–Crippen LogP) is 2.51. The number of halogens is 3. The van der Waals surface area contributed by atoms with Crippen LogP contribution in [0.1, 0.15) is 34.1 Å². The minimum absolute atomic E-state index is 0.0203. The van der Waals surface area contributed by atoms with Crippen LogP contribution in [-0.4, -0.2) is 37.3 Å². The van der Waals surface area contributed by atoms with E-state index in [0.29, 0.717) is 0 Å². The molecule has 1 fully saturated rings. The molecule has 1 N–H and O–H groups in total. The highest BCUT2D eigenvalue weighted by atomic mass is 32.1. The summed E-state index contributed by atoms with van der Waals surface area (Å²) in [5, 5.41) is 9.86. The van der Waals surface area contributed by atoms with Crippen molar-refractivity contribution in [1.82, 2.24) is 13.6 Å². The third-order valence-corrected chi connectivity index (χ3v) is 4.22. The highest BCUT2D eigenvalue weighted by Gasteiger charge is 2.41. The second kappa shape index (κ2) is 5.89. The molecule has 1 saturated heterocycles. The van der Waals surface area contributed by atoms with E-state index in [1.807, 2.05) is 0 Å². The number of aromatic nitrogens is 2. The van der Waals surface area contributed by atoms with Crippen molar-refractivity contribution in [3.8, 4) is 0 Å². The number of carbonyl (C=O) groups excluding carboxylic acids is 1. The topological polar surface area (TPSA) is 66.3 Å². The molecule has 2 atom stereocenters. The number of benzene rings is 1. The monoisotopic (exact) mass is 343 g/mol. The van der Waals surface area contributed by atoms with Gasteiger partial charge in [0.2, 0.25) is 0 Å². The van der Waals surface area contributed by atoms with Crippen LogP contribution in [0.4, 0.5) is 13.2 Å². The van der Waals surface area contributed by atoms with Crippen molar-refractivity contribution in [2.45, 2.75) is 24.7 Å². The van der Waals surface area contributed by atoms with Gasteiger partial charge in [-0.2, -0.15) is 21.9 Å². The van der Waals surface area contributed by atoms with Gasteiger partial charge in [-0.15, -0.1) is 0 Å². The molecule has 9 heteroatoms. The normalized spacial score (nSPS) is 21.7. The van der Waals surface area contributed by atoms with Gasteiger partial charge >= 0.3 is 6.18 Å². The van der Waals surface area contributed by atoms with E-state index < -0.39 is 29.8 Å². The molecule has 0 bridgehead atoms. The number of amides is 1. The van der Waals surface area contributed by atoms with E-state index in [2.05, 4.69) is 8.75 Å². The number of hydrogen-bond donors (Lipinski definition) is 1. The summed E-state index contributed by atoms with van der Waals surface area (Å²) in [6, 6.07) is 4.26. The van der Waals surface area contributed by atoms with Gasteiger partial charge in [-0.25, -0.2) is 0 Å². The third kappa shape index (κ3) is 3.06. The van der Waals surface area contributed by atoms with Crippen molar-refractivity contribution in [2.24, 2.45) is 0 Å². The molecule has 0 aliphatic carbocycles. The van der Waals surface area contributed by atoms with Crippen LogP contribution in [0.5, 0.6) is 0 Å². The number of rotatable bonds is 2. The van der Waals surface area contributed by atoms with Gasteiger partial charge in [0.1, 0.15) is 0 Å². The summed E-state index contributed by atoms with van der Waals surface area (Å²) in [6.07, 6.45) is -4.08. The smallest absolute Gasteiger partial charge is 0.391 e. The van der Waals surface area contributed by atoms with Gasteiger partial charge in [0.15, 0.2) is 5.69 Å². The Kier molecular flexibility index (Phi) is 4.07. The highest BCUT2D eigenvalue weighted by Crippen LogP contribution is 2.40. The number of aliphatic hydroxyl groups is 1. The maximum absolute atomic E-state index is 13.2. The maximum Gasteiger partial charge on any atom is 0.416 e. The molecule has 0 radical (unpaired) electrons. The first-order chi connectivity index (χ1) is 10.9. The highest BCUT2D eigenvalue weighted by molar-refractivity contribution is 6.99. The number of nitrogens with zero attached hydrogens (tertiary/aromatic N) is 3. The Balaban J connectivity index is 2.00. The van der Waals surface area contributed by atoms with Crippen LogP contribution in [0.2, 0.25) is 0 Å². The van der Waals surface area contributed by atoms with Gasteiger partial charge in [-0.3, -0.25) is 4.79 Å². The number of likely N-dealkylation sites (tertiary alicyclic amines) is 1. The Labute approximate surface area is 133 Å². The van der Waals surface area contributed by atoms with Crippen LogP contribution < -0.4 is 0 Å². The lowest BCUT2D eigenvalue weighted by Crippen LogP contribution is -2.32. The Hall–Kier alpha value is -2.00. The lowest BCUT2D eigenvalue weighted by atomic mass is 9.97. The van der Waals surface area contributed by atoms with Crippen LogP contribution in [-0.2, 0) is 6.18 Å². The molecule has 2 heterocycles. The second-order valence-electron chi connectivity index (χ2n) is 5.24. The Bertz CT molecular complexity index is 706. The summed E-state index contributed by atoms with van der Waals surface area (Å²) in [5.74, 6) is -0.530. The Morgan fingerprint density at radius 3 is 2.74 bits per heavy atom. The molecule has 1 aliphatic rings. The summed E-state index contributed by atoms with van der Waals surface area (Å²) in [5.41, 5.74) is -0.750. The fourth-order valence-electron chi connectivity index (χ4n) is 2.78. The first kappa shape index (κ1) is 15.9. The van der Waals surface area contributed by atoms with Gasteiger partial charge in [0, 0.05) is 6.54 Å². The average Bonchev–Trinajstić information content (AvgIpc) is 3.15. The summed E-state index contributed by atoms with van der Waals surface area (Å²) in [6.45, 7) is -0.0345. The molecule has 0 saturated carbocycles. The zero-order valence-electron chi connectivity index (χ0n) is 11.7. The summed E-state index contributed by atoms with van der Waals surface area (Å²) in [4.78, 5) is 13.7. The zero-order chi connectivity index (χ0) is 16.6. The number of hydrogen-bond acceptors (Lipinski definition) is 5. The minimum Gasteiger partial charge on any atom is -0.391 e. The molecule has 122 valence electrons. The van der Waals surface area contributed by atoms with Crippen LogP contribution in [0.3, 0.4) is 0 Å². The van der Waals surface area contributed by atoms with Crippen molar-refractivity contribution in [2.75, 3.05) is 6.54 Å². The van der Waals surface area contributed by atoms with Crippen LogP contribution in [0.25, 0.3) is 0 Å². The van der Waals surface area contributed by atoms with Crippen molar-refractivity contribution >= 4 is 17.6 Å². The fourth-order valence-corrected chi connectivity index (χ4v) is 3.19. The van der Waals surface area contributed by atoms with E-state index in [4.69, 9.17) is 0 Å². The number of alkyl halides is 3. The van der Waals surface area contributed by atoms with Gasteiger partial charge in [-0.05, 0) is 18.1 Å². The molecule has 1 aromatic heterocycles. The Morgan fingerprint density at radius 2 is 2.09 bits per heavy atom. The predicted molar refractivity (Wildman–Crippen MR) is 75.8 cm³/mol. The fraction of sp³-hybridized carbons (Fsp3) is 0.357. The third-order valence-electron chi connectivity index (χ3n) is 3.75.